The number of fused-ring (bicyclic) bond motifs is 3. The summed E-state index contributed by atoms with van der Waals surface area (Å²) in [4.78, 5) is 14.4. The molecule has 0 aliphatic carbocycles. The summed E-state index contributed by atoms with van der Waals surface area (Å²) >= 11 is 0. The Morgan fingerprint density at radius 1 is 0.419 bits per heavy atom. The maximum absolute atomic E-state index is 5.09. The van der Waals surface area contributed by atoms with Gasteiger partial charge in [-0.05, 0) is 53.6 Å². The molecule has 0 unspecified atom stereocenters. The summed E-state index contributed by atoms with van der Waals surface area (Å²) in [5.74, 6) is 0.705. The molecule has 0 amide bonds. The number of aromatic nitrogens is 4. The lowest BCUT2D eigenvalue weighted by Gasteiger charge is -2.11. The number of pyridine rings is 1. The van der Waals surface area contributed by atoms with Crippen molar-refractivity contribution in [2.45, 2.75) is 0 Å². The second-order valence-electron chi connectivity index (χ2n) is 10.6. The number of benzene rings is 5. The van der Waals surface area contributed by atoms with Gasteiger partial charge in [0.15, 0.2) is 5.82 Å². The molecule has 8 rings (SSSR count). The monoisotopic (exact) mass is 550 g/mol. The van der Waals surface area contributed by atoms with E-state index in [1.165, 1.54) is 21.8 Å². The predicted molar refractivity (Wildman–Crippen MR) is 176 cm³/mol. The first-order valence-corrected chi connectivity index (χ1v) is 14.4. The van der Waals surface area contributed by atoms with E-state index in [0.29, 0.717) is 5.82 Å². The van der Waals surface area contributed by atoms with Crippen molar-refractivity contribution in [1.29, 1.82) is 0 Å². The summed E-state index contributed by atoms with van der Waals surface area (Å²) in [7, 11) is 0. The highest BCUT2D eigenvalue weighted by atomic mass is 15.0. The van der Waals surface area contributed by atoms with E-state index in [9.17, 15) is 0 Å². The number of rotatable bonds is 5. The fourth-order valence-electron chi connectivity index (χ4n) is 5.81. The van der Waals surface area contributed by atoms with Gasteiger partial charge in [-0.25, -0.2) is 9.97 Å². The van der Waals surface area contributed by atoms with E-state index in [2.05, 4.69) is 131 Å². The highest BCUT2D eigenvalue weighted by Gasteiger charge is 2.15. The van der Waals surface area contributed by atoms with Gasteiger partial charge in [0.1, 0.15) is 0 Å². The van der Waals surface area contributed by atoms with Crippen LogP contribution in [0.1, 0.15) is 0 Å². The van der Waals surface area contributed by atoms with Gasteiger partial charge in [-0.2, -0.15) is 0 Å². The molecule has 0 saturated heterocycles. The molecule has 0 aliphatic heterocycles. The average molecular weight is 551 g/mol. The van der Waals surface area contributed by atoms with Gasteiger partial charge < -0.3 is 4.57 Å². The molecule has 3 aromatic heterocycles. The van der Waals surface area contributed by atoms with Crippen molar-refractivity contribution in [2.24, 2.45) is 0 Å². The van der Waals surface area contributed by atoms with Crippen molar-refractivity contribution >= 4 is 21.8 Å². The molecule has 0 N–H and O–H groups in total. The van der Waals surface area contributed by atoms with Gasteiger partial charge in [-0.15, -0.1) is 0 Å². The zero-order valence-electron chi connectivity index (χ0n) is 23.3. The smallest absolute Gasteiger partial charge is 0.160 e. The van der Waals surface area contributed by atoms with E-state index in [1.54, 1.807) is 6.20 Å². The van der Waals surface area contributed by atoms with Crippen molar-refractivity contribution in [3.63, 3.8) is 0 Å². The second-order valence-corrected chi connectivity index (χ2v) is 10.6. The molecule has 43 heavy (non-hydrogen) atoms. The number of hydrogen-bond acceptors (Lipinski definition) is 3. The summed E-state index contributed by atoms with van der Waals surface area (Å²) in [6, 6.07) is 50.6. The van der Waals surface area contributed by atoms with Crippen molar-refractivity contribution in [3.05, 3.63) is 158 Å². The van der Waals surface area contributed by atoms with Crippen LogP contribution < -0.4 is 0 Å². The lowest BCUT2D eigenvalue weighted by molar-refractivity contribution is 1.18. The van der Waals surface area contributed by atoms with E-state index in [1.807, 2.05) is 30.5 Å². The zero-order chi connectivity index (χ0) is 28.6. The van der Waals surface area contributed by atoms with Crippen LogP contribution in [0.5, 0.6) is 0 Å². The van der Waals surface area contributed by atoms with Crippen molar-refractivity contribution < 1.29 is 0 Å². The maximum Gasteiger partial charge on any atom is 0.160 e. The molecule has 4 heteroatoms. The zero-order valence-corrected chi connectivity index (χ0v) is 23.3. The van der Waals surface area contributed by atoms with Gasteiger partial charge in [0.05, 0.1) is 22.4 Å². The Labute approximate surface area is 249 Å². The van der Waals surface area contributed by atoms with Gasteiger partial charge in [0.25, 0.3) is 0 Å². The van der Waals surface area contributed by atoms with Crippen LogP contribution >= 0.6 is 0 Å². The Bertz CT molecular complexity index is 2200. The van der Waals surface area contributed by atoms with Crippen LogP contribution in [0, 0.1) is 0 Å². The molecule has 0 radical (unpaired) electrons. The quantitative estimate of drug-likeness (QED) is 0.214. The molecule has 0 atom stereocenters. The minimum absolute atomic E-state index is 0.705. The Kier molecular flexibility index (Phi) is 6.08. The molecule has 0 aliphatic rings. The van der Waals surface area contributed by atoms with E-state index < -0.39 is 0 Å². The number of para-hydroxylation sites is 2. The Hall–Kier alpha value is -5.87. The fourth-order valence-corrected chi connectivity index (χ4v) is 5.81. The lowest BCUT2D eigenvalue weighted by atomic mass is 10.0. The van der Waals surface area contributed by atoms with E-state index in [4.69, 9.17) is 9.97 Å². The molecule has 0 fully saturated rings. The largest absolute Gasteiger partial charge is 0.309 e. The van der Waals surface area contributed by atoms with Crippen LogP contribution in [0.2, 0.25) is 0 Å². The molecule has 0 saturated carbocycles. The Balaban J connectivity index is 1.29. The minimum Gasteiger partial charge on any atom is -0.309 e. The highest BCUT2D eigenvalue weighted by Crippen LogP contribution is 2.36. The van der Waals surface area contributed by atoms with Gasteiger partial charge in [-0.1, -0.05) is 103 Å². The van der Waals surface area contributed by atoms with Crippen molar-refractivity contribution in [1.82, 2.24) is 19.5 Å². The third-order valence-corrected chi connectivity index (χ3v) is 7.92. The topological polar surface area (TPSA) is 43.6 Å². The predicted octanol–water partition coefficient (Wildman–Crippen LogP) is 9.64. The molecule has 5 aromatic carbocycles. The molecule has 0 spiro atoms. The SMILES string of the molecule is c1ccc(-c2nc(-c3ccc(-c4cccnc4)cc3)cc(-c3ccc4c(c3)c3ccccc3n4-c3ccccc3)n2)cc1. The minimum atomic E-state index is 0.705. The summed E-state index contributed by atoms with van der Waals surface area (Å²) in [6.45, 7) is 0. The molecular formula is C39H26N4. The molecule has 0 bridgehead atoms. The number of hydrogen-bond donors (Lipinski definition) is 0. The van der Waals surface area contributed by atoms with E-state index >= 15 is 0 Å². The molecule has 3 heterocycles. The molecule has 8 aromatic rings. The molecule has 4 nitrogen and oxygen atoms in total. The van der Waals surface area contributed by atoms with Crippen LogP contribution in [0.4, 0.5) is 0 Å². The summed E-state index contributed by atoms with van der Waals surface area (Å²) in [6.07, 6.45) is 3.68. The first-order valence-electron chi connectivity index (χ1n) is 14.4. The highest BCUT2D eigenvalue weighted by molar-refractivity contribution is 6.10. The number of nitrogens with zero attached hydrogens (tertiary/aromatic N) is 4. The van der Waals surface area contributed by atoms with Crippen LogP contribution in [-0.4, -0.2) is 19.5 Å². The van der Waals surface area contributed by atoms with Crippen LogP contribution in [0.15, 0.2) is 158 Å². The first kappa shape index (κ1) is 24.9. The standard InChI is InChI=1S/C39H26N4/c1-3-10-29(11-4-1)39-41-35(28-19-17-27(18-20-28)31-12-9-23-40-26-31)25-36(42-39)30-21-22-38-34(24-30)33-15-7-8-16-37(33)43(38)32-13-5-2-6-14-32/h1-26H. The lowest BCUT2D eigenvalue weighted by Crippen LogP contribution is -1.96. The van der Waals surface area contributed by atoms with Gasteiger partial charge in [-0.3, -0.25) is 4.98 Å². The van der Waals surface area contributed by atoms with E-state index in [0.717, 1.165) is 44.9 Å². The van der Waals surface area contributed by atoms with Crippen molar-refractivity contribution in [2.75, 3.05) is 0 Å². The average Bonchev–Trinajstić information content (AvgIpc) is 3.43. The van der Waals surface area contributed by atoms with E-state index in [-0.39, 0.29) is 0 Å². The molecular weight excluding hydrogens is 524 g/mol. The normalized spacial score (nSPS) is 11.3. The third-order valence-electron chi connectivity index (χ3n) is 7.92. The summed E-state index contributed by atoms with van der Waals surface area (Å²) < 4.78 is 2.33. The van der Waals surface area contributed by atoms with Crippen LogP contribution in [0.3, 0.4) is 0 Å². The van der Waals surface area contributed by atoms with Crippen molar-refractivity contribution in [3.8, 4) is 50.7 Å². The van der Waals surface area contributed by atoms with Crippen LogP contribution in [0.25, 0.3) is 72.5 Å². The Morgan fingerprint density at radius 2 is 1.05 bits per heavy atom. The third kappa shape index (κ3) is 4.55. The Morgan fingerprint density at radius 3 is 1.81 bits per heavy atom. The van der Waals surface area contributed by atoms with Gasteiger partial charge in [0.2, 0.25) is 0 Å². The first-order chi connectivity index (χ1) is 21.3. The second kappa shape index (κ2) is 10.5. The maximum atomic E-state index is 5.09. The van der Waals surface area contributed by atoms with Crippen LogP contribution in [-0.2, 0) is 0 Å². The van der Waals surface area contributed by atoms with Gasteiger partial charge in [0, 0.05) is 45.5 Å². The summed E-state index contributed by atoms with van der Waals surface area (Å²) in [5, 5.41) is 2.41. The van der Waals surface area contributed by atoms with Gasteiger partial charge >= 0.3 is 0 Å². The summed E-state index contributed by atoms with van der Waals surface area (Å²) in [5.41, 5.74) is 10.5. The molecule has 202 valence electrons. The fraction of sp³-hybridized carbons (Fsp3) is 0.